The molecule has 12 heteroatoms. The van der Waals surface area contributed by atoms with E-state index in [-0.39, 0.29) is 16.9 Å². The number of aromatic nitrogens is 2. The lowest BCUT2D eigenvalue weighted by atomic mass is 10.1. The van der Waals surface area contributed by atoms with Gasteiger partial charge < -0.3 is 20.1 Å². The molecule has 2 N–H and O–H groups in total. The largest absolute Gasteiger partial charge is 0.506 e. The molecule has 1 aromatic carbocycles. The van der Waals surface area contributed by atoms with Gasteiger partial charge in [-0.15, -0.1) is 0 Å². The summed E-state index contributed by atoms with van der Waals surface area (Å²) < 4.78 is 18.0. The van der Waals surface area contributed by atoms with Crippen LogP contribution in [0.2, 0.25) is 0 Å². The van der Waals surface area contributed by atoms with Gasteiger partial charge in [0.1, 0.15) is 22.6 Å². The van der Waals surface area contributed by atoms with E-state index in [1.807, 2.05) is 4.90 Å². The molecule has 1 aliphatic rings. The van der Waals surface area contributed by atoms with Gasteiger partial charge in [-0.25, -0.2) is 14.2 Å². The Balaban J connectivity index is 1.59. The molecule has 0 atom stereocenters. The number of ether oxygens (including phenoxy) is 1. The molecule has 0 aliphatic carbocycles. The van der Waals surface area contributed by atoms with Crippen molar-refractivity contribution >= 4 is 44.5 Å². The third-order valence-electron chi connectivity index (χ3n) is 4.91. The van der Waals surface area contributed by atoms with Crippen LogP contribution in [0.3, 0.4) is 0 Å². The highest BCUT2D eigenvalue weighted by Gasteiger charge is 2.25. The Morgan fingerprint density at radius 2 is 2.03 bits per heavy atom. The van der Waals surface area contributed by atoms with E-state index < -0.39 is 11.1 Å². The number of anilines is 2. The first kappa shape index (κ1) is 20.7. The van der Waals surface area contributed by atoms with Gasteiger partial charge in [-0.2, -0.15) is 4.98 Å². The number of rotatable bonds is 6. The third-order valence-corrected chi connectivity index (χ3v) is 5.89. The monoisotopic (exact) mass is 447 g/mol. The number of benzene rings is 1. The van der Waals surface area contributed by atoms with Crippen molar-refractivity contribution in [1.29, 1.82) is 0 Å². The quantitative estimate of drug-likeness (QED) is 0.327. The van der Waals surface area contributed by atoms with Gasteiger partial charge >= 0.3 is 11.2 Å². The molecule has 1 aliphatic heterocycles. The molecule has 0 bridgehead atoms. The van der Waals surface area contributed by atoms with Gasteiger partial charge in [0, 0.05) is 38.5 Å². The van der Waals surface area contributed by atoms with Crippen LogP contribution in [0.4, 0.5) is 26.0 Å². The summed E-state index contributed by atoms with van der Waals surface area (Å²) in [4.78, 5) is 33.0. The molecular weight excluding hydrogens is 429 g/mol. The number of thiophene rings is 1. The lowest BCUT2D eigenvalue weighted by Crippen LogP contribution is -2.38. The topological polar surface area (TPSA) is 131 Å². The van der Waals surface area contributed by atoms with E-state index in [2.05, 4.69) is 15.3 Å². The van der Waals surface area contributed by atoms with E-state index in [1.165, 1.54) is 18.2 Å². The SMILES string of the molecule is O=C(O)OC1CCN(c2nc(NCc3ccc(F)cc3)c3cc([N+](=O)[O-])sc3n2)CC1. The van der Waals surface area contributed by atoms with E-state index in [4.69, 9.17) is 9.84 Å². The maximum absolute atomic E-state index is 13.1. The molecule has 4 rings (SSSR count). The molecule has 3 aromatic rings. The fraction of sp³-hybridized carbons (Fsp3) is 0.316. The molecule has 31 heavy (non-hydrogen) atoms. The summed E-state index contributed by atoms with van der Waals surface area (Å²) in [6, 6.07) is 7.44. The zero-order chi connectivity index (χ0) is 22.0. The Kier molecular flexibility index (Phi) is 5.80. The first-order valence-electron chi connectivity index (χ1n) is 9.48. The summed E-state index contributed by atoms with van der Waals surface area (Å²) >= 11 is 0.961. The van der Waals surface area contributed by atoms with E-state index in [0.717, 1.165) is 16.9 Å². The highest BCUT2D eigenvalue weighted by atomic mass is 32.1. The summed E-state index contributed by atoms with van der Waals surface area (Å²) in [5, 5.41) is 23.7. The standard InChI is InChI=1S/C19H18FN5O5S/c20-12-3-1-11(2-4-12)10-21-16-14-9-15(25(28)29)31-17(14)23-18(22-16)24-7-5-13(6-8-24)30-19(26)27/h1-4,9,13H,5-8,10H2,(H,26,27)(H,21,22,23). The number of nitro groups is 1. The number of carboxylic acid groups (broad SMARTS) is 1. The first-order chi connectivity index (χ1) is 14.9. The second-order valence-corrected chi connectivity index (χ2v) is 7.99. The molecule has 1 saturated heterocycles. The van der Waals surface area contributed by atoms with E-state index in [0.29, 0.717) is 54.5 Å². The average Bonchev–Trinajstić information content (AvgIpc) is 3.18. The van der Waals surface area contributed by atoms with Crippen molar-refractivity contribution in [2.45, 2.75) is 25.5 Å². The zero-order valence-electron chi connectivity index (χ0n) is 16.2. The predicted molar refractivity (Wildman–Crippen MR) is 112 cm³/mol. The molecule has 2 aromatic heterocycles. The van der Waals surface area contributed by atoms with Gasteiger partial charge in [-0.1, -0.05) is 12.1 Å². The van der Waals surface area contributed by atoms with Crippen LogP contribution in [0.1, 0.15) is 18.4 Å². The third kappa shape index (κ3) is 4.79. The normalized spacial score (nSPS) is 14.5. The van der Waals surface area contributed by atoms with Gasteiger partial charge in [0.2, 0.25) is 5.95 Å². The van der Waals surface area contributed by atoms with Crippen LogP contribution in [0.5, 0.6) is 0 Å². The van der Waals surface area contributed by atoms with Crippen LogP contribution in [0, 0.1) is 15.9 Å². The molecule has 1 fully saturated rings. The van der Waals surface area contributed by atoms with Gasteiger partial charge in [0.05, 0.1) is 10.3 Å². The van der Waals surface area contributed by atoms with Crippen LogP contribution >= 0.6 is 11.3 Å². The summed E-state index contributed by atoms with van der Waals surface area (Å²) in [5.74, 6) is 0.511. The van der Waals surface area contributed by atoms with Gasteiger partial charge in [-0.05, 0) is 29.0 Å². The molecule has 0 saturated carbocycles. The molecular formula is C19H18FN5O5S. The summed E-state index contributed by atoms with van der Waals surface area (Å²) in [5.41, 5.74) is 0.825. The highest BCUT2D eigenvalue weighted by molar-refractivity contribution is 7.21. The fourth-order valence-corrected chi connectivity index (χ4v) is 4.21. The van der Waals surface area contributed by atoms with E-state index in [1.54, 1.807) is 12.1 Å². The van der Waals surface area contributed by atoms with Crippen LogP contribution in [0.25, 0.3) is 10.2 Å². The number of nitrogens with one attached hydrogen (secondary N) is 1. The average molecular weight is 447 g/mol. The minimum Gasteiger partial charge on any atom is -0.450 e. The van der Waals surface area contributed by atoms with Crippen LogP contribution in [0.15, 0.2) is 30.3 Å². The molecule has 162 valence electrons. The number of piperidine rings is 1. The van der Waals surface area contributed by atoms with Crippen molar-refractivity contribution in [1.82, 2.24) is 9.97 Å². The van der Waals surface area contributed by atoms with Crippen molar-refractivity contribution in [3.63, 3.8) is 0 Å². The van der Waals surface area contributed by atoms with Crippen LogP contribution < -0.4 is 10.2 Å². The number of carbonyl (C=O) groups is 1. The Bertz CT molecular complexity index is 1110. The number of hydrogen-bond donors (Lipinski definition) is 2. The first-order valence-corrected chi connectivity index (χ1v) is 10.3. The Labute approximate surface area is 179 Å². The summed E-state index contributed by atoms with van der Waals surface area (Å²) in [6.45, 7) is 1.34. The molecule has 3 heterocycles. The Morgan fingerprint density at radius 3 is 2.68 bits per heavy atom. The maximum atomic E-state index is 13.1. The maximum Gasteiger partial charge on any atom is 0.506 e. The Morgan fingerprint density at radius 1 is 1.32 bits per heavy atom. The predicted octanol–water partition coefficient (Wildman–Crippen LogP) is 4.01. The number of nitrogens with zero attached hydrogens (tertiary/aromatic N) is 4. The van der Waals surface area contributed by atoms with Crippen molar-refractivity contribution in [3.05, 3.63) is 51.8 Å². The van der Waals surface area contributed by atoms with Gasteiger partial charge in [-0.3, -0.25) is 10.1 Å². The van der Waals surface area contributed by atoms with Crippen LogP contribution in [-0.2, 0) is 11.3 Å². The molecule has 0 radical (unpaired) electrons. The molecule has 0 amide bonds. The van der Waals surface area contributed by atoms with Crippen molar-refractivity contribution in [3.8, 4) is 0 Å². The van der Waals surface area contributed by atoms with Crippen LogP contribution in [-0.4, -0.2) is 45.3 Å². The van der Waals surface area contributed by atoms with Gasteiger partial charge in [0.15, 0.2) is 0 Å². The smallest absolute Gasteiger partial charge is 0.450 e. The Hall–Kier alpha value is -3.54. The zero-order valence-corrected chi connectivity index (χ0v) is 17.0. The van der Waals surface area contributed by atoms with E-state index >= 15 is 0 Å². The van der Waals surface area contributed by atoms with Gasteiger partial charge in [0.25, 0.3) is 0 Å². The van der Waals surface area contributed by atoms with Crippen molar-refractivity contribution in [2.24, 2.45) is 0 Å². The molecule has 10 nitrogen and oxygen atoms in total. The lowest BCUT2D eigenvalue weighted by molar-refractivity contribution is -0.380. The van der Waals surface area contributed by atoms with Crippen molar-refractivity contribution in [2.75, 3.05) is 23.3 Å². The lowest BCUT2D eigenvalue weighted by Gasteiger charge is -2.31. The second-order valence-electron chi connectivity index (χ2n) is 6.98. The number of fused-ring (bicyclic) bond motifs is 1. The highest BCUT2D eigenvalue weighted by Crippen LogP contribution is 2.35. The van der Waals surface area contributed by atoms with Crippen molar-refractivity contribution < 1.29 is 24.0 Å². The minimum absolute atomic E-state index is 0.0418. The summed E-state index contributed by atoms with van der Waals surface area (Å²) in [6.07, 6.45) is -0.682. The fourth-order valence-electron chi connectivity index (χ4n) is 3.37. The second kappa shape index (κ2) is 8.68. The van der Waals surface area contributed by atoms with E-state index in [9.17, 15) is 19.3 Å². The molecule has 0 spiro atoms. The number of halogens is 1. The summed E-state index contributed by atoms with van der Waals surface area (Å²) in [7, 11) is 0. The number of hydrogen-bond acceptors (Lipinski definition) is 9. The minimum atomic E-state index is -1.30. The molecule has 0 unspecified atom stereocenters.